The Morgan fingerprint density at radius 3 is 2.54 bits per heavy atom. The van der Waals surface area contributed by atoms with Crippen LogP contribution in [0.15, 0.2) is 29.8 Å². The number of guanidine groups is 1. The number of aliphatic imine (C=N–C) groups is 1. The van der Waals surface area contributed by atoms with Gasteiger partial charge < -0.3 is 25.0 Å². The summed E-state index contributed by atoms with van der Waals surface area (Å²) in [6.07, 6.45) is 2.50. The molecule has 7 heteroatoms. The Labute approximate surface area is 156 Å². The third-order valence-corrected chi connectivity index (χ3v) is 3.65. The quantitative estimate of drug-likeness (QED) is 0.396. The number of carbonyl (C=O) groups excluding carboxylic acids is 1. The van der Waals surface area contributed by atoms with Crippen molar-refractivity contribution in [2.45, 2.75) is 19.9 Å². The van der Waals surface area contributed by atoms with Gasteiger partial charge in [0.1, 0.15) is 0 Å². The van der Waals surface area contributed by atoms with Crippen LogP contribution in [0.4, 0.5) is 0 Å². The zero-order chi connectivity index (χ0) is 19.5. The first-order valence-electron chi connectivity index (χ1n) is 8.53. The van der Waals surface area contributed by atoms with Crippen LogP contribution < -0.4 is 20.1 Å². The molecule has 0 aliphatic carbocycles. The molecule has 0 radical (unpaired) electrons. The lowest BCUT2D eigenvalue weighted by atomic mass is 10.1. The van der Waals surface area contributed by atoms with Crippen LogP contribution in [0.3, 0.4) is 0 Å². The van der Waals surface area contributed by atoms with Crippen LogP contribution in [0.2, 0.25) is 0 Å². The van der Waals surface area contributed by atoms with Gasteiger partial charge in [-0.3, -0.25) is 4.79 Å². The van der Waals surface area contributed by atoms with E-state index in [4.69, 9.17) is 9.47 Å². The van der Waals surface area contributed by atoms with E-state index in [9.17, 15) is 4.79 Å². The van der Waals surface area contributed by atoms with Gasteiger partial charge in [-0.05, 0) is 31.0 Å². The first-order chi connectivity index (χ1) is 12.5. The lowest BCUT2D eigenvalue weighted by Crippen LogP contribution is -2.42. The second kappa shape index (κ2) is 11.0. The van der Waals surface area contributed by atoms with Crippen molar-refractivity contribution in [2.75, 3.05) is 41.4 Å². The van der Waals surface area contributed by atoms with Gasteiger partial charge in [0.25, 0.3) is 0 Å². The highest BCUT2D eigenvalue weighted by Crippen LogP contribution is 2.33. The van der Waals surface area contributed by atoms with Crippen molar-refractivity contribution in [1.82, 2.24) is 15.5 Å². The van der Waals surface area contributed by atoms with E-state index in [0.717, 1.165) is 11.1 Å². The Bertz CT molecular complexity index is 642. The summed E-state index contributed by atoms with van der Waals surface area (Å²) in [6, 6.07) is 3.94. The fourth-order valence-electron chi connectivity index (χ4n) is 2.33. The molecule has 144 valence electrons. The maximum atomic E-state index is 11.7. The van der Waals surface area contributed by atoms with E-state index >= 15 is 0 Å². The number of hydrogen-bond acceptors (Lipinski definition) is 4. The highest BCUT2D eigenvalue weighted by atomic mass is 16.5. The first kappa shape index (κ1) is 21.3. The number of allylic oxidation sites excluding steroid dienone is 1. The number of likely N-dealkylation sites (N-methyl/N-ethyl adjacent to an activating group) is 1. The van der Waals surface area contributed by atoms with Crippen LogP contribution >= 0.6 is 0 Å². The van der Waals surface area contributed by atoms with Gasteiger partial charge >= 0.3 is 0 Å². The highest BCUT2D eigenvalue weighted by Gasteiger charge is 2.12. The van der Waals surface area contributed by atoms with Gasteiger partial charge in [0.05, 0.1) is 27.3 Å². The smallest absolute Gasteiger partial charge is 0.241 e. The highest BCUT2D eigenvalue weighted by molar-refractivity contribution is 5.86. The number of ether oxygens (including phenoxy) is 2. The standard InChI is InChI=1S/C19H30N4O3/c1-7-9-15-10-14(11-16(25-5)18(15)26-6)12-21-19(20-8-2)22-13-17(24)23(3)4/h7,10-11H,1,8-9,12-13H2,2-6H3,(H2,20,21,22). The van der Waals surface area contributed by atoms with Crippen molar-refractivity contribution in [3.05, 3.63) is 35.9 Å². The van der Waals surface area contributed by atoms with E-state index in [1.165, 1.54) is 4.90 Å². The summed E-state index contributed by atoms with van der Waals surface area (Å²) in [7, 11) is 6.68. The molecule has 0 aliphatic rings. The van der Waals surface area contributed by atoms with E-state index in [1.54, 1.807) is 28.3 Å². The molecule has 1 aromatic rings. The number of nitrogens with one attached hydrogen (secondary N) is 2. The zero-order valence-corrected chi connectivity index (χ0v) is 16.4. The van der Waals surface area contributed by atoms with Gasteiger partial charge in [0.2, 0.25) is 5.91 Å². The van der Waals surface area contributed by atoms with E-state index < -0.39 is 0 Å². The third-order valence-electron chi connectivity index (χ3n) is 3.65. The van der Waals surface area contributed by atoms with Crippen LogP contribution in [0.1, 0.15) is 18.1 Å². The van der Waals surface area contributed by atoms with Gasteiger partial charge in [-0.15, -0.1) is 6.58 Å². The van der Waals surface area contributed by atoms with Crippen molar-refractivity contribution in [2.24, 2.45) is 4.99 Å². The molecule has 1 aromatic carbocycles. The second-order valence-corrected chi connectivity index (χ2v) is 5.82. The van der Waals surface area contributed by atoms with Gasteiger partial charge in [0, 0.05) is 26.2 Å². The minimum absolute atomic E-state index is 0.0185. The maximum Gasteiger partial charge on any atom is 0.241 e. The molecule has 0 heterocycles. The van der Waals surface area contributed by atoms with Crippen LogP contribution in [0, 0.1) is 0 Å². The SMILES string of the molecule is C=CCc1cc(CN=C(NCC)NCC(=O)N(C)C)cc(OC)c1OC. The zero-order valence-electron chi connectivity index (χ0n) is 16.4. The summed E-state index contributed by atoms with van der Waals surface area (Å²) in [5.74, 6) is 1.94. The fraction of sp³-hybridized carbons (Fsp3) is 0.474. The van der Waals surface area contributed by atoms with Crippen molar-refractivity contribution in [3.63, 3.8) is 0 Å². The molecule has 1 amide bonds. The van der Waals surface area contributed by atoms with E-state index in [0.29, 0.717) is 37.0 Å². The molecule has 0 atom stereocenters. The van der Waals surface area contributed by atoms with Crippen LogP contribution in [0.25, 0.3) is 0 Å². The Hall–Kier alpha value is -2.70. The number of hydrogen-bond donors (Lipinski definition) is 2. The predicted molar refractivity (Wildman–Crippen MR) is 105 cm³/mol. The van der Waals surface area contributed by atoms with Crippen molar-refractivity contribution < 1.29 is 14.3 Å². The van der Waals surface area contributed by atoms with E-state index in [-0.39, 0.29) is 12.5 Å². The van der Waals surface area contributed by atoms with Crippen molar-refractivity contribution in [3.8, 4) is 11.5 Å². The molecule has 0 saturated heterocycles. The van der Waals surface area contributed by atoms with E-state index in [2.05, 4.69) is 22.2 Å². The van der Waals surface area contributed by atoms with Crippen LogP contribution in [-0.4, -0.2) is 58.2 Å². The normalized spacial score (nSPS) is 10.9. The summed E-state index contributed by atoms with van der Waals surface area (Å²) >= 11 is 0. The number of carbonyl (C=O) groups is 1. The van der Waals surface area contributed by atoms with Crippen molar-refractivity contribution in [1.29, 1.82) is 0 Å². The molecule has 26 heavy (non-hydrogen) atoms. The van der Waals surface area contributed by atoms with Gasteiger partial charge in [0.15, 0.2) is 17.5 Å². The molecule has 0 unspecified atom stereocenters. The molecular formula is C19H30N4O3. The molecule has 0 bridgehead atoms. The number of amides is 1. The lowest BCUT2D eigenvalue weighted by Gasteiger charge is -2.15. The lowest BCUT2D eigenvalue weighted by molar-refractivity contribution is -0.127. The third kappa shape index (κ3) is 6.31. The topological polar surface area (TPSA) is 75.2 Å². The molecule has 0 fully saturated rings. The predicted octanol–water partition coefficient (Wildman–Crippen LogP) is 1.58. The molecule has 0 spiro atoms. The molecule has 1 rings (SSSR count). The molecule has 0 saturated carbocycles. The van der Waals surface area contributed by atoms with Crippen LogP contribution in [-0.2, 0) is 17.8 Å². The summed E-state index contributed by atoms with van der Waals surface area (Å²) in [5.41, 5.74) is 1.98. The number of methoxy groups -OCH3 is 2. The fourth-order valence-corrected chi connectivity index (χ4v) is 2.33. The average molecular weight is 362 g/mol. The van der Waals surface area contributed by atoms with Crippen molar-refractivity contribution >= 4 is 11.9 Å². The molecule has 0 aliphatic heterocycles. The molecule has 0 aromatic heterocycles. The summed E-state index contributed by atoms with van der Waals surface area (Å²) < 4.78 is 10.9. The maximum absolute atomic E-state index is 11.7. The van der Waals surface area contributed by atoms with E-state index in [1.807, 2.05) is 25.1 Å². The number of benzene rings is 1. The Morgan fingerprint density at radius 1 is 1.27 bits per heavy atom. The number of nitrogens with zero attached hydrogens (tertiary/aromatic N) is 2. The van der Waals surface area contributed by atoms with Gasteiger partial charge in [-0.25, -0.2) is 4.99 Å². The Morgan fingerprint density at radius 2 is 2.00 bits per heavy atom. The van der Waals surface area contributed by atoms with Gasteiger partial charge in [-0.1, -0.05) is 6.08 Å². The minimum Gasteiger partial charge on any atom is -0.493 e. The molecular weight excluding hydrogens is 332 g/mol. The summed E-state index contributed by atoms with van der Waals surface area (Å²) in [6.45, 7) is 7.10. The molecule has 7 nitrogen and oxygen atoms in total. The van der Waals surface area contributed by atoms with Crippen LogP contribution in [0.5, 0.6) is 11.5 Å². The number of rotatable bonds is 9. The molecule has 2 N–H and O–H groups in total. The summed E-state index contributed by atoms with van der Waals surface area (Å²) in [4.78, 5) is 17.8. The van der Waals surface area contributed by atoms with Gasteiger partial charge in [-0.2, -0.15) is 0 Å². The Kier molecular flexibility index (Phi) is 9.05. The summed E-state index contributed by atoms with van der Waals surface area (Å²) in [5, 5.41) is 6.17. The average Bonchev–Trinajstić information content (AvgIpc) is 2.63. The second-order valence-electron chi connectivity index (χ2n) is 5.82. The monoisotopic (exact) mass is 362 g/mol. The Balaban J connectivity index is 2.98. The largest absolute Gasteiger partial charge is 0.493 e. The first-order valence-corrected chi connectivity index (χ1v) is 8.53. The minimum atomic E-state index is -0.0185.